The fraction of sp³-hybridized carbons (Fsp3) is 0.286. The van der Waals surface area contributed by atoms with Gasteiger partial charge in [-0.15, -0.1) is 0 Å². The molecule has 1 saturated carbocycles. The third-order valence-electron chi connectivity index (χ3n) is 5.55. The van der Waals surface area contributed by atoms with E-state index < -0.39 is 37.2 Å². The van der Waals surface area contributed by atoms with Crippen LogP contribution in [0.25, 0.3) is 10.9 Å². The second-order valence-electron chi connectivity index (χ2n) is 7.36. The summed E-state index contributed by atoms with van der Waals surface area (Å²) in [6, 6.07) is 7.60. The van der Waals surface area contributed by atoms with Crippen molar-refractivity contribution in [2.45, 2.75) is 47.8 Å². The number of nitrogens with zero attached hydrogens (tertiary/aromatic N) is 1. The number of fused-ring (bicyclic) bond motifs is 1. The van der Waals surface area contributed by atoms with Crippen LogP contribution in [0.4, 0.5) is 8.78 Å². The van der Waals surface area contributed by atoms with E-state index in [1.165, 1.54) is 18.6 Å². The Labute approximate surface area is 166 Å². The average Bonchev–Trinajstić information content (AvgIpc) is 2.72. The maximum Gasteiger partial charge on any atom is 0.212 e. The van der Waals surface area contributed by atoms with E-state index in [2.05, 4.69) is 0 Å². The van der Waals surface area contributed by atoms with Crippen LogP contribution in [0.1, 0.15) is 43.6 Å². The van der Waals surface area contributed by atoms with Crippen LogP contribution in [0.15, 0.2) is 57.2 Å². The van der Waals surface area contributed by atoms with E-state index in [4.69, 9.17) is 0 Å². The van der Waals surface area contributed by atoms with Crippen LogP contribution in [0.3, 0.4) is 0 Å². The summed E-state index contributed by atoms with van der Waals surface area (Å²) >= 11 is 0. The van der Waals surface area contributed by atoms with Gasteiger partial charge < -0.3 is 5.21 Å². The highest BCUT2D eigenvalue weighted by Gasteiger charge is 2.25. The zero-order valence-corrected chi connectivity index (χ0v) is 16.3. The van der Waals surface area contributed by atoms with Crippen molar-refractivity contribution in [1.29, 1.82) is 0 Å². The molecule has 2 aromatic carbocycles. The standard InChI is InChI=1S/C21H19F2NO4S/c22-17-10-16-19(11-18(17)23)24(26)12-20(21(16)25)29(27,28)15-8-6-14(7-9-15)13-4-2-1-3-5-13/h6-13,26H,1-5H2. The summed E-state index contributed by atoms with van der Waals surface area (Å²) in [5.41, 5.74) is -0.264. The maximum atomic E-state index is 13.6. The minimum absolute atomic E-state index is 0.101. The highest BCUT2D eigenvalue weighted by molar-refractivity contribution is 7.91. The number of pyridine rings is 1. The van der Waals surface area contributed by atoms with Gasteiger partial charge >= 0.3 is 0 Å². The van der Waals surface area contributed by atoms with Crippen molar-refractivity contribution in [3.05, 3.63) is 70.0 Å². The van der Waals surface area contributed by atoms with Gasteiger partial charge in [0.1, 0.15) is 4.90 Å². The minimum Gasteiger partial charge on any atom is -0.428 e. The summed E-state index contributed by atoms with van der Waals surface area (Å²) in [5, 5.41) is 9.62. The first kappa shape index (κ1) is 19.6. The molecule has 0 unspecified atom stereocenters. The van der Waals surface area contributed by atoms with E-state index in [1.54, 1.807) is 12.1 Å². The first-order valence-corrected chi connectivity index (χ1v) is 10.9. The van der Waals surface area contributed by atoms with Gasteiger partial charge in [-0.25, -0.2) is 17.2 Å². The molecule has 0 saturated heterocycles. The van der Waals surface area contributed by atoms with Gasteiger partial charge in [0.15, 0.2) is 11.6 Å². The van der Waals surface area contributed by atoms with Crippen LogP contribution in [-0.4, -0.2) is 18.4 Å². The fourth-order valence-electron chi connectivity index (χ4n) is 3.95. The molecule has 1 N–H and O–H groups in total. The Bertz CT molecular complexity index is 1240. The molecule has 152 valence electrons. The third-order valence-corrected chi connectivity index (χ3v) is 7.31. The van der Waals surface area contributed by atoms with Gasteiger partial charge in [-0.2, -0.15) is 4.73 Å². The lowest BCUT2D eigenvalue weighted by molar-refractivity contribution is 0.195. The number of hydrogen-bond donors (Lipinski definition) is 1. The SMILES string of the molecule is O=c1c(S(=O)(=O)c2ccc(C3CCCCC3)cc2)cn(O)c2cc(F)c(F)cc12. The Kier molecular flexibility index (Phi) is 4.90. The van der Waals surface area contributed by atoms with Gasteiger partial charge in [0.25, 0.3) is 0 Å². The first-order chi connectivity index (χ1) is 13.8. The van der Waals surface area contributed by atoms with Crippen molar-refractivity contribution < 1.29 is 22.4 Å². The van der Waals surface area contributed by atoms with Crippen molar-refractivity contribution in [3.63, 3.8) is 0 Å². The zero-order valence-electron chi connectivity index (χ0n) is 15.4. The topological polar surface area (TPSA) is 76.4 Å². The lowest BCUT2D eigenvalue weighted by atomic mass is 9.84. The van der Waals surface area contributed by atoms with Crippen LogP contribution in [-0.2, 0) is 9.84 Å². The summed E-state index contributed by atoms with van der Waals surface area (Å²) in [4.78, 5) is 11.9. The van der Waals surface area contributed by atoms with Crippen LogP contribution in [0.5, 0.6) is 0 Å². The lowest BCUT2D eigenvalue weighted by Gasteiger charge is -2.22. The van der Waals surface area contributed by atoms with Crippen LogP contribution in [0, 0.1) is 11.6 Å². The maximum absolute atomic E-state index is 13.6. The molecule has 0 radical (unpaired) electrons. The number of hydrogen-bond acceptors (Lipinski definition) is 4. The quantitative estimate of drug-likeness (QED) is 0.639. The Morgan fingerprint density at radius 1 is 0.966 bits per heavy atom. The summed E-state index contributed by atoms with van der Waals surface area (Å²) in [5.74, 6) is -2.16. The first-order valence-electron chi connectivity index (χ1n) is 9.38. The van der Waals surface area contributed by atoms with Gasteiger partial charge in [0.2, 0.25) is 15.3 Å². The monoisotopic (exact) mass is 419 g/mol. The fourth-order valence-corrected chi connectivity index (χ4v) is 5.29. The van der Waals surface area contributed by atoms with Gasteiger partial charge in [0, 0.05) is 6.07 Å². The van der Waals surface area contributed by atoms with Crippen molar-refractivity contribution in [2.75, 3.05) is 0 Å². The summed E-state index contributed by atoms with van der Waals surface area (Å²) < 4.78 is 53.3. The summed E-state index contributed by atoms with van der Waals surface area (Å²) in [6.45, 7) is 0. The molecule has 29 heavy (non-hydrogen) atoms. The Balaban J connectivity index is 1.79. The van der Waals surface area contributed by atoms with E-state index in [9.17, 15) is 27.2 Å². The van der Waals surface area contributed by atoms with Gasteiger partial charge in [-0.3, -0.25) is 4.79 Å². The van der Waals surface area contributed by atoms with E-state index in [0.717, 1.165) is 31.2 Å². The van der Waals surface area contributed by atoms with Crippen molar-refractivity contribution in [3.8, 4) is 0 Å². The number of benzene rings is 2. The molecule has 0 bridgehead atoms. The number of sulfone groups is 1. The van der Waals surface area contributed by atoms with E-state index in [0.29, 0.717) is 29.0 Å². The smallest absolute Gasteiger partial charge is 0.212 e. The minimum atomic E-state index is -4.26. The lowest BCUT2D eigenvalue weighted by Crippen LogP contribution is -2.19. The molecule has 0 aliphatic heterocycles. The van der Waals surface area contributed by atoms with Crippen LogP contribution >= 0.6 is 0 Å². The molecule has 5 nitrogen and oxygen atoms in total. The molecule has 1 aliphatic rings. The molecular formula is C21H19F2NO4S. The van der Waals surface area contributed by atoms with Crippen molar-refractivity contribution in [2.24, 2.45) is 0 Å². The molecule has 0 atom stereocenters. The second kappa shape index (κ2) is 7.26. The summed E-state index contributed by atoms with van der Waals surface area (Å²) in [7, 11) is -4.26. The van der Waals surface area contributed by atoms with Crippen molar-refractivity contribution in [1.82, 2.24) is 4.73 Å². The molecule has 0 amide bonds. The number of aromatic nitrogens is 1. The summed E-state index contributed by atoms with van der Waals surface area (Å²) in [6.07, 6.45) is 6.35. The number of halogens is 2. The number of rotatable bonds is 3. The zero-order chi connectivity index (χ0) is 20.8. The predicted octanol–water partition coefficient (Wildman–Crippen LogP) is 4.40. The van der Waals surface area contributed by atoms with E-state index in [-0.39, 0.29) is 10.4 Å². The third kappa shape index (κ3) is 3.42. The largest absolute Gasteiger partial charge is 0.428 e. The molecule has 3 aromatic rings. The second-order valence-corrected chi connectivity index (χ2v) is 9.28. The molecule has 0 spiro atoms. The predicted molar refractivity (Wildman–Crippen MR) is 103 cm³/mol. The normalized spacial score (nSPS) is 15.7. The van der Waals surface area contributed by atoms with Crippen molar-refractivity contribution >= 4 is 20.7 Å². The average molecular weight is 419 g/mol. The molecule has 1 heterocycles. The van der Waals surface area contributed by atoms with E-state index in [1.807, 2.05) is 0 Å². The molecule has 1 aliphatic carbocycles. The Morgan fingerprint density at radius 2 is 1.59 bits per heavy atom. The Hall–Kier alpha value is -2.74. The van der Waals surface area contributed by atoms with Gasteiger partial charge in [0.05, 0.1) is 22.0 Å². The molecule has 4 rings (SSSR count). The highest BCUT2D eigenvalue weighted by atomic mass is 32.2. The molecule has 8 heteroatoms. The van der Waals surface area contributed by atoms with E-state index >= 15 is 0 Å². The van der Waals surface area contributed by atoms with Gasteiger partial charge in [-0.05, 0) is 42.5 Å². The van der Waals surface area contributed by atoms with Crippen LogP contribution < -0.4 is 5.43 Å². The molecule has 1 aromatic heterocycles. The molecule has 1 fully saturated rings. The van der Waals surface area contributed by atoms with Gasteiger partial charge in [-0.1, -0.05) is 31.4 Å². The van der Waals surface area contributed by atoms with Crippen LogP contribution in [0.2, 0.25) is 0 Å². The Morgan fingerprint density at radius 3 is 2.24 bits per heavy atom. The molecular weight excluding hydrogens is 400 g/mol. The highest BCUT2D eigenvalue weighted by Crippen LogP contribution is 2.33.